The number of amides is 1. The number of ether oxygens (including phenoxy) is 1. The van der Waals surface area contributed by atoms with Crippen molar-refractivity contribution in [2.45, 2.75) is 13.3 Å². The molecular formula is C20H19ClN2O3. The van der Waals surface area contributed by atoms with Gasteiger partial charge in [0.25, 0.3) is 11.5 Å². The third-order valence-electron chi connectivity index (χ3n) is 4.28. The van der Waals surface area contributed by atoms with Gasteiger partial charge in [-0.25, -0.2) is 0 Å². The second-order valence-electron chi connectivity index (χ2n) is 6.01. The molecule has 0 aliphatic carbocycles. The van der Waals surface area contributed by atoms with E-state index >= 15 is 0 Å². The third kappa shape index (κ3) is 3.73. The Morgan fingerprint density at radius 3 is 2.62 bits per heavy atom. The summed E-state index contributed by atoms with van der Waals surface area (Å²) in [6.45, 7) is 2.34. The van der Waals surface area contributed by atoms with E-state index in [-0.39, 0.29) is 11.5 Å². The Bertz CT molecular complexity index is 1010. The van der Waals surface area contributed by atoms with Crippen LogP contribution >= 0.6 is 11.6 Å². The summed E-state index contributed by atoms with van der Waals surface area (Å²) in [6, 6.07) is 12.3. The number of nitrogens with one attached hydrogen (secondary N) is 2. The smallest absolute Gasteiger partial charge is 0.251 e. The minimum Gasteiger partial charge on any atom is -0.495 e. The molecule has 0 saturated heterocycles. The summed E-state index contributed by atoms with van der Waals surface area (Å²) < 4.78 is 5.31. The van der Waals surface area contributed by atoms with Crippen molar-refractivity contribution in [2.75, 3.05) is 13.7 Å². The van der Waals surface area contributed by atoms with Crippen LogP contribution in [0.5, 0.6) is 5.75 Å². The Labute approximate surface area is 156 Å². The minimum atomic E-state index is -0.197. The first kappa shape index (κ1) is 18.0. The number of carbonyl (C=O) groups excluding carboxylic acids is 1. The summed E-state index contributed by atoms with van der Waals surface area (Å²) >= 11 is 5.82. The van der Waals surface area contributed by atoms with Crippen LogP contribution in [0.15, 0.2) is 47.3 Å². The summed E-state index contributed by atoms with van der Waals surface area (Å²) in [6.07, 6.45) is 0.432. The van der Waals surface area contributed by atoms with E-state index in [0.29, 0.717) is 40.4 Å². The van der Waals surface area contributed by atoms with Gasteiger partial charge in [-0.15, -0.1) is 0 Å². The summed E-state index contributed by atoms with van der Waals surface area (Å²) in [4.78, 5) is 27.4. The van der Waals surface area contributed by atoms with Gasteiger partial charge in [0.1, 0.15) is 5.75 Å². The van der Waals surface area contributed by atoms with Gasteiger partial charge in [0.15, 0.2) is 0 Å². The predicted molar refractivity (Wildman–Crippen MR) is 103 cm³/mol. The van der Waals surface area contributed by atoms with Crippen molar-refractivity contribution >= 4 is 28.4 Å². The molecule has 0 unspecified atom stereocenters. The molecule has 1 amide bonds. The molecule has 0 fully saturated rings. The monoisotopic (exact) mass is 370 g/mol. The summed E-state index contributed by atoms with van der Waals surface area (Å²) in [5, 5.41) is 4.33. The lowest BCUT2D eigenvalue weighted by Gasteiger charge is -2.10. The van der Waals surface area contributed by atoms with Gasteiger partial charge in [-0.05, 0) is 55.3 Å². The summed E-state index contributed by atoms with van der Waals surface area (Å²) in [5.41, 5.74) is 2.70. The Balaban J connectivity index is 1.76. The molecule has 0 saturated carbocycles. The van der Waals surface area contributed by atoms with Crippen LogP contribution in [-0.4, -0.2) is 24.5 Å². The SMILES string of the molecule is COc1ccc(C)c2cc(CCNC(=O)c3ccc(Cl)cc3)c(=O)[nH]c12. The van der Waals surface area contributed by atoms with Gasteiger partial charge < -0.3 is 15.0 Å². The van der Waals surface area contributed by atoms with Crippen LogP contribution < -0.4 is 15.6 Å². The average molecular weight is 371 g/mol. The minimum absolute atomic E-state index is 0.179. The van der Waals surface area contributed by atoms with Crippen LogP contribution in [0.2, 0.25) is 5.02 Å². The van der Waals surface area contributed by atoms with Crippen molar-refractivity contribution in [1.82, 2.24) is 10.3 Å². The van der Waals surface area contributed by atoms with Gasteiger partial charge in [0.2, 0.25) is 0 Å². The Kier molecular flexibility index (Phi) is 5.28. The van der Waals surface area contributed by atoms with E-state index in [1.54, 1.807) is 31.4 Å². The molecule has 3 aromatic rings. The predicted octanol–water partition coefficient (Wildman–Crippen LogP) is 3.47. The van der Waals surface area contributed by atoms with Gasteiger partial charge in [-0.1, -0.05) is 17.7 Å². The molecule has 3 rings (SSSR count). The first-order valence-electron chi connectivity index (χ1n) is 8.23. The molecular weight excluding hydrogens is 352 g/mol. The summed E-state index contributed by atoms with van der Waals surface area (Å²) in [5.74, 6) is 0.432. The highest BCUT2D eigenvalue weighted by Crippen LogP contribution is 2.25. The lowest BCUT2D eigenvalue weighted by Crippen LogP contribution is -2.27. The highest BCUT2D eigenvalue weighted by atomic mass is 35.5. The number of halogens is 1. The summed E-state index contributed by atoms with van der Waals surface area (Å²) in [7, 11) is 1.57. The fourth-order valence-corrected chi connectivity index (χ4v) is 2.95. The lowest BCUT2D eigenvalue weighted by molar-refractivity contribution is 0.0954. The molecule has 0 spiro atoms. The van der Waals surface area contributed by atoms with Crippen molar-refractivity contribution in [3.05, 3.63) is 74.5 Å². The van der Waals surface area contributed by atoms with Gasteiger partial charge >= 0.3 is 0 Å². The molecule has 26 heavy (non-hydrogen) atoms. The topological polar surface area (TPSA) is 71.2 Å². The average Bonchev–Trinajstić information content (AvgIpc) is 2.63. The van der Waals surface area contributed by atoms with Gasteiger partial charge in [-0.2, -0.15) is 0 Å². The molecule has 2 aromatic carbocycles. The van der Waals surface area contributed by atoms with E-state index in [9.17, 15) is 9.59 Å². The number of methoxy groups -OCH3 is 1. The zero-order valence-electron chi connectivity index (χ0n) is 14.6. The number of rotatable bonds is 5. The molecule has 0 aliphatic heterocycles. The van der Waals surface area contributed by atoms with Crippen LogP contribution in [0.1, 0.15) is 21.5 Å². The number of H-pyrrole nitrogens is 1. The largest absolute Gasteiger partial charge is 0.495 e. The van der Waals surface area contributed by atoms with Crippen LogP contribution in [0.4, 0.5) is 0 Å². The van der Waals surface area contributed by atoms with Crippen molar-refractivity contribution in [2.24, 2.45) is 0 Å². The fourth-order valence-electron chi connectivity index (χ4n) is 2.82. The fraction of sp³-hybridized carbons (Fsp3) is 0.200. The number of benzene rings is 2. The zero-order chi connectivity index (χ0) is 18.7. The Hall–Kier alpha value is -2.79. The van der Waals surface area contributed by atoms with Crippen molar-refractivity contribution < 1.29 is 9.53 Å². The van der Waals surface area contributed by atoms with Crippen molar-refractivity contribution in [3.8, 4) is 5.75 Å². The molecule has 134 valence electrons. The van der Waals surface area contributed by atoms with E-state index < -0.39 is 0 Å². The maximum absolute atomic E-state index is 12.4. The Morgan fingerprint density at radius 2 is 1.92 bits per heavy atom. The molecule has 1 heterocycles. The van der Waals surface area contributed by atoms with E-state index in [2.05, 4.69) is 10.3 Å². The molecule has 0 atom stereocenters. The quantitative estimate of drug-likeness (QED) is 0.722. The number of fused-ring (bicyclic) bond motifs is 1. The number of hydrogen-bond acceptors (Lipinski definition) is 3. The first-order chi connectivity index (χ1) is 12.5. The van der Waals surface area contributed by atoms with Crippen molar-refractivity contribution in [3.63, 3.8) is 0 Å². The maximum Gasteiger partial charge on any atom is 0.251 e. The van der Waals surface area contributed by atoms with Crippen LogP contribution in [0, 0.1) is 6.92 Å². The van der Waals surface area contributed by atoms with Crippen LogP contribution in [0.3, 0.4) is 0 Å². The van der Waals surface area contributed by atoms with Crippen LogP contribution in [0.25, 0.3) is 10.9 Å². The number of aromatic nitrogens is 1. The van der Waals surface area contributed by atoms with Crippen LogP contribution in [-0.2, 0) is 6.42 Å². The molecule has 1 aromatic heterocycles. The zero-order valence-corrected chi connectivity index (χ0v) is 15.3. The van der Waals surface area contributed by atoms with Crippen molar-refractivity contribution in [1.29, 1.82) is 0 Å². The highest BCUT2D eigenvalue weighted by molar-refractivity contribution is 6.30. The van der Waals surface area contributed by atoms with E-state index in [0.717, 1.165) is 10.9 Å². The molecule has 0 aliphatic rings. The van der Waals surface area contributed by atoms with E-state index in [1.807, 2.05) is 25.1 Å². The standard InChI is InChI=1S/C20H19ClN2O3/c1-12-3-8-17(26-2)18-16(12)11-14(20(25)23-18)9-10-22-19(24)13-4-6-15(21)7-5-13/h3-8,11H,9-10H2,1-2H3,(H,22,24)(H,23,25). The molecule has 5 nitrogen and oxygen atoms in total. The number of pyridine rings is 1. The molecule has 0 radical (unpaired) electrons. The normalized spacial score (nSPS) is 10.7. The van der Waals surface area contributed by atoms with E-state index in [1.165, 1.54) is 0 Å². The Morgan fingerprint density at radius 1 is 1.19 bits per heavy atom. The number of carbonyl (C=O) groups is 1. The second kappa shape index (κ2) is 7.62. The molecule has 2 N–H and O–H groups in total. The van der Waals surface area contributed by atoms with Gasteiger partial charge in [-0.3, -0.25) is 9.59 Å². The number of hydrogen-bond donors (Lipinski definition) is 2. The first-order valence-corrected chi connectivity index (χ1v) is 8.60. The van der Waals surface area contributed by atoms with Gasteiger partial charge in [0.05, 0.1) is 12.6 Å². The molecule has 6 heteroatoms. The molecule has 0 bridgehead atoms. The maximum atomic E-state index is 12.4. The number of aryl methyl sites for hydroxylation is 1. The highest BCUT2D eigenvalue weighted by Gasteiger charge is 2.10. The lowest BCUT2D eigenvalue weighted by atomic mass is 10.1. The van der Waals surface area contributed by atoms with E-state index in [4.69, 9.17) is 16.3 Å². The number of aromatic amines is 1. The second-order valence-corrected chi connectivity index (χ2v) is 6.45. The third-order valence-corrected chi connectivity index (χ3v) is 4.53. The van der Waals surface area contributed by atoms with Gasteiger partial charge in [0, 0.05) is 28.1 Å².